The van der Waals surface area contributed by atoms with Crippen molar-refractivity contribution < 1.29 is 9.90 Å². The van der Waals surface area contributed by atoms with Gasteiger partial charge in [-0.15, -0.1) is 0 Å². The van der Waals surface area contributed by atoms with E-state index in [2.05, 4.69) is 15.9 Å². The highest BCUT2D eigenvalue weighted by Crippen LogP contribution is 2.25. The SMILES string of the molecule is Cc1cc(Br)cc(C(N)=O)c1O. The predicted molar refractivity (Wildman–Crippen MR) is 49.1 cm³/mol. The number of rotatable bonds is 1. The molecule has 1 rings (SSSR count). The molecule has 3 nitrogen and oxygen atoms in total. The first-order valence-corrected chi connectivity index (χ1v) is 4.10. The molecule has 0 atom stereocenters. The van der Waals surface area contributed by atoms with Gasteiger partial charge < -0.3 is 10.8 Å². The molecule has 0 fully saturated rings. The molecule has 0 saturated carbocycles. The van der Waals surface area contributed by atoms with Crippen LogP contribution in [0.2, 0.25) is 0 Å². The van der Waals surface area contributed by atoms with Crippen LogP contribution >= 0.6 is 15.9 Å². The number of aryl methyl sites for hydroxylation is 1. The molecule has 0 aliphatic heterocycles. The van der Waals surface area contributed by atoms with Crippen molar-refractivity contribution in [3.8, 4) is 5.75 Å². The number of benzene rings is 1. The molecule has 0 aliphatic carbocycles. The molecule has 0 spiro atoms. The van der Waals surface area contributed by atoms with Gasteiger partial charge in [-0.05, 0) is 24.6 Å². The third kappa shape index (κ3) is 1.58. The van der Waals surface area contributed by atoms with E-state index >= 15 is 0 Å². The number of primary amides is 1. The van der Waals surface area contributed by atoms with Crippen LogP contribution in [-0.2, 0) is 0 Å². The van der Waals surface area contributed by atoms with Gasteiger partial charge in [0.25, 0.3) is 5.91 Å². The molecule has 1 aromatic carbocycles. The fourth-order valence-corrected chi connectivity index (χ4v) is 1.50. The van der Waals surface area contributed by atoms with Gasteiger partial charge in [-0.25, -0.2) is 0 Å². The van der Waals surface area contributed by atoms with E-state index < -0.39 is 5.91 Å². The number of halogens is 1. The van der Waals surface area contributed by atoms with Crippen LogP contribution in [0.1, 0.15) is 15.9 Å². The molecule has 0 heterocycles. The van der Waals surface area contributed by atoms with Crippen LogP contribution in [0, 0.1) is 6.92 Å². The lowest BCUT2D eigenvalue weighted by molar-refractivity contribution is 0.0997. The summed E-state index contributed by atoms with van der Waals surface area (Å²) in [6, 6.07) is 3.20. The molecule has 0 unspecified atom stereocenters. The van der Waals surface area contributed by atoms with E-state index in [1.807, 2.05) is 0 Å². The van der Waals surface area contributed by atoms with Gasteiger partial charge in [0.15, 0.2) is 0 Å². The van der Waals surface area contributed by atoms with Crippen molar-refractivity contribution in [1.82, 2.24) is 0 Å². The lowest BCUT2D eigenvalue weighted by Gasteiger charge is -2.04. The van der Waals surface area contributed by atoms with Crippen molar-refractivity contribution in [3.63, 3.8) is 0 Å². The molecule has 0 saturated heterocycles. The molecule has 0 radical (unpaired) electrons. The fraction of sp³-hybridized carbons (Fsp3) is 0.125. The maximum Gasteiger partial charge on any atom is 0.252 e. The van der Waals surface area contributed by atoms with E-state index in [0.29, 0.717) is 5.56 Å². The number of carbonyl (C=O) groups is 1. The topological polar surface area (TPSA) is 63.3 Å². The summed E-state index contributed by atoms with van der Waals surface area (Å²) in [5.41, 5.74) is 5.80. The second-order valence-electron chi connectivity index (χ2n) is 2.48. The lowest BCUT2D eigenvalue weighted by atomic mass is 10.1. The Morgan fingerprint density at radius 3 is 2.67 bits per heavy atom. The second kappa shape index (κ2) is 3.15. The highest BCUT2D eigenvalue weighted by molar-refractivity contribution is 9.10. The molecule has 0 bridgehead atoms. The van der Waals surface area contributed by atoms with E-state index in [4.69, 9.17) is 5.73 Å². The minimum absolute atomic E-state index is 0.0503. The Labute approximate surface area is 78.3 Å². The smallest absolute Gasteiger partial charge is 0.252 e. The summed E-state index contributed by atoms with van der Waals surface area (Å²) in [6.45, 7) is 1.70. The van der Waals surface area contributed by atoms with E-state index in [1.165, 1.54) is 6.07 Å². The van der Waals surface area contributed by atoms with Crippen molar-refractivity contribution in [2.75, 3.05) is 0 Å². The number of aromatic hydroxyl groups is 1. The Kier molecular flexibility index (Phi) is 2.38. The third-order valence-corrected chi connectivity index (χ3v) is 1.99. The zero-order valence-electron chi connectivity index (χ0n) is 6.47. The summed E-state index contributed by atoms with van der Waals surface area (Å²) in [6.07, 6.45) is 0. The number of nitrogens with two attached hydrogens (primary N) is 1. The van der Waals surface area contributed by atoms with Crippen LogP contribution in [0.15, 0.2) is 16.6 Å². The van der Waals surface area contributed by atoms with E-state index in [1.54, 1.807) is 13.0 Å². The van der Waals surface area contributed by atoms with Gasteiger partial charge in [0.2, 0.25) is 0 Å². The second-order valence-corrected chi connectivity index (χ2v) is 3.40. The summed E-state index contributed by atoms with van der Waals surface area (Å²) < 4.78 is 0.728. The van der Waals surface area contributed by atoms with Crippen molar-refractivity contribution in [2.24, 2.45) is 5.73 Å². The maximum atomic E-state index is 10.8. The summed E-state index contributed by atoms with van der Waals surface area (Å²) in [4.78, 5) is 10.8. The number of amides is 1. The molecule has 0 aromatic heterocycles. The fourth-order valence-electron chi connectivity index (χ4n) is 0.923. The number of carbonyl (C=O) groups excluding carboxylic acids is 1. The summed E-state index contributed by atoms with van der Waals surface area (Å²) in [7, 11) is 0. The molecule has 1 aromatic rings. The summed E-state index contributed by atoms with van der Waals surface area (Å²) >= 11 is 3.20. The first kappa shape index (κ1) is 9.06. The average molecular weight is 230 g/mol. The quantitative estimate of drug-likeness (QED) is 0.768. The van der Waals surface area contributed by atoms with Crippen molar-refractivity contribution in [2.45, 2.75) is 6.92 Å². The van der Waals surface area contributed by atoms with Gasteiger partial charge in [-0.3, -0.25) is 4.79 Å². The van der Waals surface area contributed by atoms with Crippen molar-refractivity contribution in [1.29, 1.82) is 0 Å². The van der Waals surface area contributed by atoms with Crippen LogP contribution in [-0.4, -0.2) is 11.0 Å². The van der Waals surface area contributed by atoms with Crippen LogP contribution in [0.25, 0.3) is 0 Å². The van der Waals surface area contributed by atoms with Crippen LogP contribution in [0.3, 0.4) is 0 Å². The Balaban J connectivity index is 3.37. The highest BCUT2D eigenvalue weighted by atomic mass is 79.9. The van der Waals surface area contributed by atoms with Gasteiger partial charge in [-0.2, -0.15) is 0 Å². The Bertz CT molecular complexity index is 336. The van der Waals surface area contributed by atoms with Crippen molar-refractivity contribution in [3.05, 3.63) is 27.7 Å². The first-order valence-electron chi connectivity index (χ1n) is 3.31. The first-order chi connectivity index (χ1) is 5.52. The largest absolute Gasteiger partial charge is 0.507 e. The normalized spacial score (nSPS) is 9.83. The van der Waals surface area contributed by atoms with E-state index in [0.717, 1.165) is 4.47 Å². The number of hydrogen-bond acceptors (Lipinski definition) is 2. The van der Waals surface area contributed by atoms with Crippen LogP contribution < -0.4 is 5.73 Å². The molecule has 0 aliphatic rings. The van der Waals surface area contributed by atoms with E-state index in [9.17, 15) is 9.90 Å². The Morgan fingerprint density at radius 2 is 2.17 bits per heavy atom. The predicted octanol–water partition coefficient (Wildman–Crippen LogP) is 1.56. The summed E-state index contributed by atoms with van der Waals surface area (Å²) in [5, 5.41) is 9.37. The highest BCUT2D eigenvalue weighted by Gasteiger charge is 2.10. The summed E-state index contributed by atoms with van der Waals surface area (Å²) in [5.74, 6) is -0.678. The molecular weight excluding hydrogens is 222 g/mol. The molecular formula is C8H8BrNO2. The zero-order valence-corrected chi connectivity index (χ0v) is 8.05. The zero-order chi connectivity index (χ0) is 9.30. The maximum absolute atomic E-state index is 10.8. The average Bonchev–Trinajstić information content (AvgIpc) is 1.96. The molecule has 4 heteroatoms. The molecule has 1 amide bonds. The van der Waals surface area contributed by atoms with Gasteiger partial charge >= 0.3 is 0 Å². The van der Waals surface area contributed by atoms with Crippen molar-refractivity contribution >= 4 is 21.8 Å². The van der Waals surface area contributed by atoms with E-state index in [-0.39, 0.29) is 11.3 Å². The standard InChI is InChI=1S/C8H8BrNO2/c1-4-2-5(9)3-6(7(4)11)8(10)12/h2-3,11H,1H3,(H2,10,12). The molecule has 3 N–H and O–H groups in total. The van der Waals surface area contributed by atoms with Crippen LogP contribution in [0.4, 0.5) is 0 Å². The minimum Gasteiger partial charge on any atom is -0.507 e. The minimum atomic E-state index is -0.628. The number of hydrogen-bond donors (Lipinski definition) is 2. The Morgan fingerprint density at radius 1 is 1.58 bits per heavy atom. The van der Waals surface area contributed by atoms with Gasteiger partial charge in [-0.1, -0.05) is 15.9 Å². The monoisotopic (exact) mass is 229 g/mol. The van der Waals surface area contributed by atoms with Gasteiger partial charge in [0, 0.05) is 4.47 Å². The van der Waals surface area contributed by atoms with Gasteiger partial charge in [0.1, 0.15) is 5.75 Å². The number of phenols is 1. The molecule has 64 valence electrons. The van der Waals surface area contributed by atoms with Crippen LogP contribution in [0.5, 0.6) is 5.75 Å². The lowest BCUT2D eigenvalue weighted by Crippen LogP contribution is -2.11. The third-order valence-electron chi connectivity index (χ3n) is 1.53. The Hall–Kier alpha value is -1.03. The molecule has 12 heavy (non-hydrogen) atoms. The van der Waals surface area contributed by atoms with Gasteiger partial charge in [0.05, 0.1) is 5.56 Å².